The molecule has 1 saturated heterocycles. The molecular formula is C8H10N4. The number of rotatable bonds is 1. The first-order valence-corrected chi connectivity index (χ1v) is 3.73. The fourth-order valence-corrected chi connectivity index (χ4v) is 1.17. The van der Waals surface area contributed by atoms with Crippen molar-refractivity contribution in [3.63, 3.8) is 0 Å². The van der Waals surface area contributed by atoms with Crippen LogP contribution in [0.5, 0.6) is 0 Å². The summed E-state index contributed by atoms with van der Waals surface area (Å²) in [4.78, 5) is 0. The normalized spacial score (nSPS) is 20.7. The number of hydrazine groups is 1. The lowest BCUT2D eigenvalue weighted by Crippen LogP contribution is -2.22. The molecule has 0 spiro atoms. The van der Waals surface area contributed by atoms with Crippen LogP contribution < -0.4 is 11.2 Å². The van der Waals surface area contributed by atoms with Crippen LogP contribution in [0.2, 0.25) is 0 Å². The minimum Gasteiger partial charge on any atom is -0.369 e. The predicted molar refractivity (Wildman–Crippen MR) is 46.1 cm³/mol. The van der Waals surface area contributed by atoms with Gasteiger partial charge in [0, 0.05) is 0 Å². The van der Waals surface area contributed by atoms with Crippen molar-refractivity contribution in [1.82, 2.24) is 10.4 Å². The highest BCUT2D eigenvalue weighted by Gasteiger charge is 2.35. The molecule has 1 aromatic carbocycles. The molecule has 0 amide bonds. The van der Waals surface area contributed by atoms with Gasteiger partial charge in [-0.3, -0.25) is 10.4 Å². The largest absolute Gasteiger partial charge is 0.369 e. The fourth-order valence-electron chi connectivity index (χ4n) is 1.17. The number of benzene rings is 1. The SMILES string of the molecule is N=C(N)N1NC1c1ccccc1. The van der Waals surface area contributed by atoms with Crippen molar-refractivity contribution in [2.45, 2.75) is 6.17 Å². The maximum absolute atomic E-state index is 7.13. The van der Waals surface area contributed by atoms with E-state index in [0.29, 0.717) is 0 Å². The van der Waals surface area contributed by atoms with Gasteiger partial charge in [0.05, 0.1) is 0 Å². The number of hydrogen-bond acceptors (Lipinski definition) is 2. The van der Waals surface area contributed by atoms with Gasteiger partial charge in [-0.25, -0.2) is 5.43 Å². The Labute approximate surface area is 70.5 Å². The topological polar surface area (TPSA) is 74.8 Å². The molecule has 0 aromatic heterocycles. The lowest BCUT2D eigenvalue weighted by atomic mass is 10.2. The van der Waals surface area contributed by atoms with Crippen molar-refractivity contribution >= 4 is 5.96 Å². The van der Waals surface area contributed by atoms with Crippen LogP contribution in [0.15, 0.2) is 30.3 Å². The van der Waals surface area contributed by atoms with Gasteiger partial charge in [-0.05, 0) is 5.56 Å². The van der Waals surface area contributed by atoms with E-state index in [2.05, 4.69) is 5.43 Å². The number of nitrogens with zero attached hydrogens (tertiary/aromatic N) is 1. The van der Waals surface area contributed by atoms with Crippen LogP contribution in [0, 0.1) is 5.41 Å². The standard InChI is InChI=1S/C8H10N4/c9-8(10)12-7(11-12)6-4-2-1-3-5-6/h1-5,7,11H,(H3,9,10). The molecule has 12 heavy (non-hydrogen) atoms. The molecule has 1 heterocycles. The van der Waals surface area contributed by atoms with Gasteiger partial charge in [0.2, 0.25) is 5.96 Å². The molecule has 1 unspecified atom stereocenters. The van der Waals surface area contributed by atoms with Crippen molar-refractivity contribution < 1.29 is 0 Å². The van der Waals surface area contributed by atoms with E-state index in [1.165, 1.54) is 0 Å². The van der Waals surface area contributed by atoms with Gasteiger partial charge in [-0.1, -0.05) is 30.3 Å². The number of nitrogens with one attached hydrogen (secondary N) is 2. The second-order valence-corrected chi connectivity index (χ2v) is 2.70. The quantitative estimate of drug-likeness (QED) is 0.318. The molecule has 4 nitrogen and oxygen atoms in total. The molecule has 0 radical (unpaired) electrons. The second-order valence-electron chi connectivity index (χ2n) is 2.70. The van der Waals surface area contributed by atoms with Gasteiger partial charge in [0.1, 0.15) is 6.17 Å². The van der Waals surface area contributed by atoms with E-state index in [9.17, 15) is 0 Å². The Morgan fingerprint density at radius 2 is 2.08 bits per heavy atom. The third-order valence-electron chi connectivity index (χ3n) is 1.83. The Morgan fingerprint density at radius 3 is 2.58 bits per heavy atom. The highest BCUT2D eigenvalue weighted by molar-refractivity contribution is 5.76. The van der Waals surface area contributed by atoms with Crippen molar-refractivity contribution in [3.8, 4) is 0 Å². The van der Waals surface area contributed by atoms with E-state index in [-0.39, 0.29) is 12.1 Å². The molecule has 62 valence electrons. The molecule has 1 aromatic rings. The highest BCUT2D eigenvalue weighted by atomic mass is 15.8. The first-order chi connectivity index (χ1) is 5.79. The van der Waals surface area contributed by atoms with E-state index in [1.807, 2.05) is 30.3 Å². The summed E-state index contributed by atoms with van der Waals surface area (Å²) < 4.78 is 0. The summed E-state index contributed by atoms with van der Waals surface area (Å²) in [7, 11) is 0. The first-order valence-electron chi connectivity index (χ1n) is 3.73. The van der Waals surface area contributed by atoms with Crippen molar-refractivity contribution in [2.24, 2.45) is 5.73 Å². The molecular weight excluding hydrogens is 152 g/mol. The lowest BCUT2D eigenvalue weighted by Gasteiger charge is -1.97. The molecule has 0 aliphatic carbocycles. The highest BCUT2D eigenvalue weighted by Crippen LogP contribution is 2.26. The minimum absolute atomic E-state index is 0.0591. The number of hydrogen-bond donors (Lipinski definition) is 3. The van der Waals surface area contributed by atoms with Crippen LogP contribution in [0.4, 0.5) is 0 Å². The maximum Gasteiger partial charge on any atom is 0.205 e. The summed E-state index contributed by atoms with van der Waals surface area (Å²) in [6.45, 7) is 0. The van der Waals surface area contributed by atoms with Crippen LogP contribution in [0.3, 0.4) is 0 Å². The van der Waals surface area contributed by atoms with E-state index < -0.39 is 0 Å². The second kappa shape index (κ2) is 2.49. The molecule has 1 aliphatic rings. The van der Waals surface area contributed by atoms with E-state index >= 15 is 0 Å². The minimum atomic E-state index is 0.0591. The molecule has 4 N–H and O–H groups in total. The van der Waals surface area contributed by atoms with E-state index in [4.69, 9.17) is 11.1 Å². The zero-order chi connectivity index (χ0) is 8.55. The van der Waals surface area contributed by atoms with Crippen LogP contribution in [-0.4, -0.2) is 11.0 Å². The smallest absolute Gasteiger partial charge is 0.205 e. The molecule has 4 heteroatoms. The fraction of sp³-hybridized carbons (Fsp3) is 0.125. The van der Waals surface area contributed by atoms with Crippen molar-refractivity contribution in [3.05, 3.63) is 35.9 Å². The van der Waals surface area contributed by atoms with E-state index in [1.54, 1.807) is 5.01 Å². The van der Waals surface area contributed by atoms with Crippen molar-refractivity contribution in [2.75, 3.05) is 0 Å². The molecule has 2 rings (SSSR count). The van der Waals surface area contributed by atoms with Crippen LogP contribution in [-0.2, 0) is 0 Å². The molecule has 1 fully saturated rings. The molecule has 0 saturated carbocycles. The summed E-state index contributed by atoms with van der Waals surface area (Å²) in [5.74, 6) is 0.0591. The van der Waals surface area contributed by atoms with E-state index in [0.717, 1.165) is 5.56 Å². The zero-order valence-corrected chi connectivity index (χ0v) is 6.49. The lowest BCUT2D eigenvalue weighted by molar-refractivity contribution is 0.707. The summed E-state index contributed by atoms with van der Waals surface area (Å²) in [6.07, 6.45) is 0.101. The first kappa shape index (κ1) is 7.12. The Bertz CT molecular complexity index is 295. The van der Waals surface area contributed by atoms with Crippen molar-refractivity contribution in [1.29, 1.82) is 5.41 Å². The third-order valence-corrected chi connectivity index (χ3v) is 1.83. The Hall–Kier alpha value is -1.55. The Balaban J connectivity index is 2.11. The van der Waals surface area contributed by atoms with Gasteiger partial charge in [0.15, 0.2) is 0 Å². The number of guanidine groups is 1. The summed E-state index contributed by atoms with van der Waals surface area (Å²) in [6, 6.07) is 9.90. The summed E-state index contributed by atoms with van der Waals surface area (Å²) in [5.41, 5.74) is 9.37. The zero-order valence-electron chi connectivity index (χ0n) is 6.49. The van der Waals surface area contributed by atoms with Crippen LogP contribution in [0.1, 0.15) is 11.7 Å². The van der Waals surface area contributed by atoms with Crippen LogP contribution in [0.25, 0.3) is 0 Å². The Kier molecular flexibility index (Phi) is 1.48. The Morgan fingerprint density at radius 1 is 1.42 bits per heavy atom. The van der Waals surface area contributed by atoms with Gasteiger partial charge in [-0.2, -0.15) is 0 Å². The summed E-state index contributed by atoms with van der Waals surface area (Å²) >= 11 is 0. The summed E-state index contributed by atoms with van der Waals surface area (Å²) in [5, 5.41) is 8.74. The molecule has 1 aliphatic heterocycles. The molecule has 1 atom stereocenters. The van der Waals surface area contributed by atoms with Gasteiger partial charge >= 0.3 is 0 Å². The number of nitrogens with two attached hydrogens (primary N) is 1. The predicted octanol–water partition coefficient (Wildman–Crippen LogP) is 0.399. The average molecular weight is 162 g/mol. The third kappa shape index (κ3) is 1.12. The van der Waals surface area contributed by atoms with Gasteiger partial charge in [0.25, 0.3) is 0 Å². The van der Waals surface area contributed by atoms with Crippen LogP contribution >= 0.6 is 0 Å². The monoisotopic (exact) mass is 162 g/mol. The average Bonchev–Trinajstić information content (AvgIpc) is 2.84. The molecule has 0 bridgehead atoms. The maximum atomic E-state index is 7.13. The van der Waals surface area contributed by atoms with Gasteiger partial charge in [-0.15, -0.1) is 0 Å². The van der Waals surface area contributed by atoms with Gasteiger partial charge < -0.3 is 5.73 Å².